The van der Waals surface area contributed by atoms with Crippen LogP contribution in [0, 0.1) is 6.92 Å². The number of hydrogen-bond donors (Lipinski definition) is 1. The predicted octanol–water partition coefficient (Wildman–Crippen LogP) is 6.47. The average molecular weight is 442 g/mol. The Bertz CT molecular complexity index is 1440. The highest BCUT2D eigenvalue weighted by atomic mass is 35.5. The smallest absolute Gasteiger partial charge is 0.224 e. The topological polar surface area (TPSA) is 47.1 Å². The average Bonchev–Trinajstić information content (AvgIpc) is 3.30. The normalized spacial score (nSPS) is 11.7. The molecule has 5 nitrogen and oxygen atoms in total. The Kier molecular flexibility index (Phi) is 5.41. The van der Waals surface area contributed by atoms with Gasteiger partial charge in [0.15, 0.2) is 0 Å². The summed E-state index contributed by atoms with van der Waals surface area (Å²) >= 11 is 6.44. The third-order valence-electron chi connectivity index (χ3n) is 5.89. The van der Waals surface area contributed by atoms with Crippen LogP contribution in [0.1, 0.15) is 23.7 Å². The van der Waals surface area contributed by atoms with Crippen LogP contribution in [0.4, 0.5) is 5.95 Å². The van der Waals surface area contributed by atoms with Crippen molar-refractivity contribution in [2.75, 3.05) is 5.43 Å². The number of hydrogen-bond acceptors (Lipinski definition) is 3. The first kappa shape index (κ1) is 20.3. The molecule has 0 aliphatic carbocycles. The number of nitrogens with one attached hydrogen (secondary N) is 1. The van der Waals surface area contributed by atoms with E-state index >= 15 is 0 Å². The van der Waals surface area contributed by atoms with Gasteiger partial charge in [0.2, 0.25) is 5.95 Å². The number of nitrogens with zero attached hydrogens (tertiary/aromatic N) is 4. The lowest BCUT2D eigenvalue weighted by Crippen LogP contribution is -2.04. The summed E-state index contributed by atoms with van der Waals surface area (Å²) in [6.45, 7) is 5.75. The van der Waals surface area contributed by atoms with Gasteiger partial charge >= 0.3 is 0 Å². The van der Waals surface area contributed by atoms with Crippen LogP contribution in [0.5, 0.6) is 0 Å². The SMILES string of the molecule is CCn1c(N/N=C\c2c(C)n(Cc3ccccc3Cl)c3ccccc23)nc2ccccc21. The van der Waals surface area contributed by atoms with E-state index in [0.717, 1.165) is 56.3 Å². The number of halogens is 1. The molecule has 3 aromatic carbocycles. The molecule has 1 N–H and O–H groups in total. The number of para-hydroxylation sites is 3. The molecular weight excluding hydrogens is 418 g/mol. The van der Waals surface area contributed by atoms with Gasteiger partial charge in [0.1, 0.15) is 0 Å². The number of rotatable bonds is 6. The van der Waals surface area contributed by atoms with Crippen LogP contribution in [0.25, 0.3) is 21.9 Å². The maximum atomic E-state index is 6.44. The molecule has 0 fully saturated rings. The zero-order chi connectivity index (χ0) is 22.1. The second-order valence-corrected chi connectivity index (χ2v) is 8.14. The molecule has 0 saturated carbocycles. The maximum Gasteiger partial charge on any atom is 0.224 e. The van der Waals surface area contributed by atoms with E-state index in [-0.39, 0.29) is 0 Å². The molecule has 2 aromatic heterocycles. The number of fused-ring (bicyclic) bond motifs is 2. The minimum Gasteiger partial charge on any atom is -0.340 e. The van der Waals surface area contributed by atoms with E-state index in [9.17, 15) is 0 Å². The number of anilines is 1. The van der Waals surface area contributed by atoms with E-state index in [1.165, 1.54) is 0 Å². The van der Waals surface area contributed by atoms with E-state index in [0.29, 0.717) is 6.54 Å². The number of aromatic nitrogens is 3. The first-order valence-corrected chi connectivity index (χ1v) is 11.1. The van der Waals surface area contributed by atoms with E-state index in [1.54, 1.807) is 0 Å². The van der Waals surface area contributed by atoms with Crippen molar-refractivity contribution in [2.45, 2.75) is 26.9 Å². The Labute approximate surface area is 192 Å². The van der Waals surface area contributed by atoms with Crippen molar-refractivity contribution in [3.8, 4) is 0 Å². The zero-order valence-corrected chi connectivity index (χ0v) is 18.8. The largest absolute Gasteiger partial charge is 0.340 e. The highest BCUT2D eigenvalue weighted by Crippen LogP contribution is 2.27. The summed E-state index contributed by atoms with van der Waals surface area (Å²) in [6, 6.07) is 24.5. The lowest BCUT2D eigenvalue weighted by Gasteiger charge is -2.10. The van der Waals surface area contributed by atoms with E-state index in [1.807, 2.05) is 42.6 Å². The molecule has 6 heteroatoms. The van der Waals surface area contributed by atoms with Gasteiger partial charge in [-0.05, 0) is 43.7 Å². The summed E-state index contributed by atoms with van der Waals surface area (Å²) in [4.78, 5) is 4.69. The van der Waals surface area contributed by atoms with Gasteiger partial charge in [0.05, 0.1) is 17.2 Å². The third-order valence-corrected chi connectivity index (χ3v) is 6.26. The van der Waals surface area contributed by atoms with Crippen LogP contribution in [-0.4, -0.2) is 20.3 Å². The van der Waals surface area contributed by atoms with Crippen LogP contribution in [0.2, 0.25) is 5.02 Å². The molecule has 5 rings (SSSR count). The molecule has 0 unspecified atom stereocenters. The Morgan fingerprint density at radius 3 is 2.47 bits per heavy atom. The summed E-state index contributed by atoms with van der Waals surface area (Å²) in [7, 11) is 0. The van der Waals surface area contributed by atoms with Gasteiger partial charge in [-0.2, -0.15) is 5.10 Å². The van der Waals surface area contributed by atoms with Crippen LogP contribution >= 0.6 is 11.6 Å². The minimum absolute atomic E-state index is 0.707. The second-order valence-electron chi connectivity index (χ2n) is 7.73. The monoisotopic (exact) mass is 441 g/mol. The van der Waals surface area contributed by atoms with Crippen LogP contribution in [0.3, 0.4) is 0 Å². The number of hydrazone groups is 1. The highest BCUT2D eigenvalue weighted by Gasteiger charge is 2.14. The highest BCUT2D eigenvalue weighted by molar-refractivity contribution is 6.31. The molecule has 32 heavy (non-hydrogen) atoms. The van der Waals surface area contributed by atoms with Crippen LogP contribution in [0.15, 0.2) is 77.9 Å². The maximum absolute atomic E-state index is 6.44. The van der Waals surface area contributed by atoms with Crippen molar-refractivity contribution >= 4 is 45.7 Å². The molecule has 0 aliphatic rings. The van der Waals surface area contributed by atoms with Crippen molar-refractivity contribution in [1.82, 2.24) is 14.1 Å². The fourth-order valence-electron chi connectivity index (χ4n) is 4.26. The molecule has 0 radical (unpaired) electrons. The van der Waals surface area contributed by atoms with Gasteiger partial charge < -0.3 is 9.13 Å². The second kappa shape index (κ2) is 8.52. The lowest BCUT2D eigenvalue weighted by atomic mass is 10.1. The fraction of sp³-hybridized carbons (Fsp3) is 0.154. The summed E-state index contributed by atoms with van der Waals surface area (Å²) in [5, 5.41) is 6.50. The van der Waals surface area contributed by atoms with Gasteiger partial charge in [-0.25, -0.2) is 10.4 Å². The van der Waals surface area contributed by atoms with Gasteiger partial charge in [0.25, 0.3) is 0 Å². The van der Waals surface area contributed by atoms with Gasteiger partial charge in [-0.1, -0.05) is 60.1 Å². The molecule has 160 valence electrons. The van der Waals surface area contributed by atoms with Crippen LogP contribution < -0.4 is 5.43 Å². The molecule has 0 bridgehead atoms. The molecule has 0 spiro atoms. The van der Waals surface area contributed by atoms with Crippen molar-refractivity contribution in [1.29, 1.82) is 0 Å². The minimum atomic E-state index is 0.707. The van der Waals surface area contributed by atoms with Crippen molar-refractivity contribution in [3.05, 3.63) is 94.6 Å². The fourth-order valence-corrected chi connectivity index (χ4v) is 4.45. The van der Waals surface area contributed by atoms with E-state index in [4.69, 9.17) is 11.6 Å². The Morgan fingerprint density at radius 1 is 0.938 bits per heavy atom. The van der Waals surface area contributed by atoms with Crippen LogP contribution in [-0.2, 0) is 13.1 Å². The summed E-state index contributed by atoms with van der Waals surface area (Å²) in [5.41, 5.74) is 9.68. The summed E-state index contributed by atoms with van der Waals surface area (Å²) < 4.78 is 4.42. The molecule has 5 aromatic rings. The Hall–Kier alpha value is -3.57. The van der Waals surface area contributed by atoms with Crippen molar-refractivity contribution in [3.63, 3.8) is 0 Å². The first-order valence-electron chi connectivity index (χ1n) is 10.7. The number of imidazole rings is 1. The number of aryl methyl sites for hydroxylation is 1. The summed E-state index contributed by atoms with van der Waals surface area (Å²) in [5.74, 6) is 0.738. The van der Waals surface area contributed by atoms with Crippen molar-refractivity contribution < 1.29 is 0 Å². The van der Waals surface area contributed by atoms with E-state index < -0.39 is 0 Å². The summed E-state index contributed by atoms with van der Waals surface area (Å²) in [6.07, 6.45) is 1.89. The predicted molar refractivity (Wildman–Crippen MR) is 134 cm³/mol. The molecule has 0 atom stereocenters. The van der Waals surface area contributed by atoms with Crippen molar-refractivity contribution in [2.24, 2.45) is 5.10 Å². The molecular formula is C26H24ClN5. The van der Waals surface area contributed by atoms with Gasteiger partial charge in [0, 0.05) is 40.3 Å². The molecule has 0 aliphatic heterocycles. The Morgan fingerprint density at radius 2 is 1.66 bits per heavy atom. The van der Waals surface area contributed by atoms with Gasteiger partial charge in [-0.15, -0.1) is 0 Å². The molecule has 2 heterocycles. The van der Waals surface area contributed by atoms with Gasteiger partial charge in [-0.3, -0.25) is 0 Å². The third kappa shape index (κ3) is 3.55. The zero-order valence-electron chi connectivity index (χ0n) is 18.1. The first-order chi connectivity index (χ1) is 15.7. The van der Waals surface area contributed by atoms with E-state index in [2.05, 4.69) is 74.9 Å². The standard InChI is InChI=1S/C26H24ClN5/c1-3-31-25-15-9-7-13-23(25)29-26(31)30-28-16-21-18(2)32(24-14-8-5-11-20(21)24)17-19-10-4-6-12-22(19)27/h4-16H,3,17H2,1-2H3,(H,29,30)/b28-16-. The Balaban J connectivity index is 1.51. The molecule has 0 amide bonds. The lowest BCUT2D eigenvalue weighted by molar-refractivity contribution is 0.791. The quantitative estimate of drug-likeness (QED) is 0.242. The number of benzene rings is 3. The molecule has 0 saturated heterocycles.